The summed E-state index contributed by atoms with van der Waals surface area (Å²) in [5.74, 6) is -0.936. The molecular formula is C25H23NO5. The molecule has 6 nitrogen and oxygen atoms in total. The molecule has 0 spiro atoms. The highest BCUT2D eigenvalue weighted by Crippen LogP contribution is 2.41. The molecule has 0 bridgehead atoms. The maximum Gasteiger partial charge on any atom is 0.295 e. The van der Waals surface area contributed by atoms with Crippen molar-refractivity contribution in [2.24, 2.45) is 0 Å². The summed E-state index contributed by atoms with van der Waals surface area (Å²) in [6.45, 7) is 0.505. The molecule has 0 saturated carbocycles. The highest BCUT2D eigenvalue weighted by molar-refractivity contribution is 6.46. The van der Waals surface area contributed by atoms with Gasteiger partial charge in [-0.05, 0) is 40.6 Å². The van der Waals surface area contributed by atoms with Gasteiger partial charge in [0.15, 0.2) is 0 Å². The molecule has 4 rings (SSSR count). The van der Waals surface area contributed by atoms with Crippen LogP contribution in [0.3, 0.4) is 0 Å². The number of aliphatic hydroxyl groups is 1. The summed E-state index contributed by atoms with van der Waals surface area (Å²) in [4.78, 5) is 27.5. The Morgan fingerprint density at radius 2 is 1.68 bits per heavy atom. The summed E-state index contributed by atoms with van der Waals surface area (Å²) < 4.78 is 10.3. The Labute approximate surface area is 180 Å². The second-order valence-corrected chi connectivity index (χ2v) is 7.28. The second kappa shape index (κ2) is 8.62. The number of Topliss-reactive ketones (excluding diaryl/α,β-unsaturated/α-hetero) is 1. The van der Waals surface area contributed by atoms with Crippen LogP contribution >= 0.6 is 0 Å². The normalized spacial score (nSPS) is 18.0. The zero-order valence-electron chi connectivity index (χ0n) is 17.4. The molecule has 1 aliphatic heterocycles. The largest absolute Gasteiger partial charge is 0.507 e. The number of hydrogen-bond acceptors (Lipinski definition) is 5. The molecule has 0 radical (unpaired) electrons. The van der Waals surface area contributed by atoms with Gasteiger partial charge in [0.05, 0.1) is 25.3 Å². The highest BCUT2D eigenvalue weighted by atomic mass is 16.5. The SMILES string of the molecule is COCCN1C(=O)C(=O)C(=C(O)c2ccc(OC)cc2)[C@H]1c1cccc2ccccc12. The molecule has 1 amide bonds. The number of fused-ring (bicyclic) bond motifs is 1. The molecule has 1 N–H and O–H groups in total. The first kappa shape index (κ1) is 20.6. The van der Waals surface area contributed by atoms with Crippen LogP contribution < -0.4 is 4.74 Å². The van der Waals surface area contributed by atoms with Crippen LogP contribution in [0, 0.1) is 0 Å². The molecule has 1 atom stereocenters. The Balaban J connectivity index is 1.92. The Bertz CT molecular complexity index is 1160. The predicted molar refractivity (Wildman–Crippen MR) is 118 cm³/mol. The maximum atomic E-state index is 13.1. The summed E-state index contributed by atoms with van der Waals surface area (Å²) in [7, 11) is 3.09. The van der Waals surface area contributed by atoms with Gasteiger partial charge in [0, 0.05) is 19.2 Å². The van der Waals surface area contributed by atoms with Crippen molar-refractivity contribution in [2.75, 3.05) is 27.4 Å². The van der Waals surface area contributed by atoms with Crippen molar-refractivity contribution in [3.8, 4) is 5.75 Å². The number of amides is 1. The molecule has 158 valence electrons. The number of methoxy groups -OCH3 is 2. The summed E-state index contributed by atoms with van der Waals surface area (Å²) >= 11 is 0. The number of rotatable bonds is 6. The Hall–Kier alpha value is -3.64. The van der Waals surface area contributed by atoms with E-state index in [2.05, 4.69) is 0 Å². The van der Waals surface area contributed by atoms with E-state index in [0.29, 0.717) is 11.3 Å². The number of ketones is 1. The molecule has 1 aliphatic rings. The van der Waals surface area contributed by atoms with E-state index < -0.39 is 17.7 Å². The van der Waals surface area contributed by atoms with Crippen LogP contribution in [-0.2, 0) is 14.3 Å². The number of likely N-dealkylation sites (tertiary alicyclic amines) is 1. The van der Waals surface area contributed by atoms with E-state index in [1.165, 1.54) is 4.90 Å². The van der Waals surface area contributed by atoms with E-state index in [4.69, 9.17) is 9.47 Å². The minimum absolute atomic E-state index is 0.0719. The van der Waals surface area contributed by atoms with Gasteiger partial charge >= 0.3 is 0 Å². The zero-order chi connectivity index (χ0) is 22.0. The van der Waals surface area contributed by atoms with Crippen LogP contribution in [0.25, 0.3) is 16.5 Å². The van der Waals surface area contributed by atoms with Crippen molar-refractivity contribution in [1.82, 2.24) is 4.90 Å². The first-order valence-electron chi connectivity index (χ1n) is 9.96. The number of aliphatic hydroxyl groups excluding tert-OH is 1. The van der Waals surface area contributed by atoms with E-state index in [1.807, 2.05) is 42.5 Å². The van der Waals surface area contributed by atoms with E-state index >= 15 is 0 Å². The van der Waals surface area contributed by atoms with Gasteiger partial charge in [0.1, 0.15) is 11.5 Å². The third-order valence-corrected chi connectivity index (χ3v) is 5.56. The van der Waals surface area contributed by atoms with Crippen LogP contribution in [0.2, 0.25) is 0 Å². The van der Waals surface area contributed by atoms with Crippen LogP contribution in [0.5, 0.6) is 5.75 Å². The van der Waals surface area contributed by atoms with Crippen molar-refractivity contribution in [3.05, 3.63) is 83.4 Å². The van der Waals surface area contributed by atoms with E-state index in [-0.39, 0.29) is 24.5 Å². The topological polar surface area (TPSA) is 76.1 Å². The van der Waals surface area contributed by atoms with Crippen molar-refractivity contribution >= 4 is 28.2 Å². The number of nitrogens with zero attached hydrogens (tertiary/aromatic N) is 1. The highest BCUT2D eigenvalue weighted by Gasteiger charge is 2.46. The first-order valence-corrected chi connectivity index (χ1v) is 9.96. The number of benzene rings is 3. The van der Waals surface area contributed by atoms with Crippen molar-refractivity contribution in [3.63, 3.8) is 0 Å². The Kier molecular flexibility index (Phi) is 5.73. The quantitative estimate of drug-likeness (QED) is 0.374. The molecule has 3 aromatic carbocycles. The van der Waals surface area contributed by atoms with Crippen molar-refractivity contribution in [1.29, 1.82) is 0 Å². The summed E-state index contributed by atoms with van der Waals surface area (Å²) in [5, 5.41) is 13.0. The zero-order valence-corrected chi connectivity index (χ0v) is 17.4. The molecule has 31 heavy (non-hydrogen) atoms. The number of carbonyl (C=O) groups excluding carboxylic acids is 2. The molecule has 1 heterocycles. The summed E-state index contributed by atoms with van der Waals surface area (Å²) in [6, 6.07) is 19.5. The van der Waals surface area contributed by atoms with E-state index in [9.17, 15) is 14.7 Å². The Morgan fingerprint density at radius 1 is 0.968 bits per heavy atom. The fourth-order valence-electron chi connectivity index (χ4n) is 4.02. The van der Waals surface area contributed by atoms with Gasteiger partial charge in [-0.15, -0.1) is 0 Å². The average molecular weight is 417 g/mol. The van der Waals surface area contributed by atoms with Gasteiger partial charge in [0.25, 0.3) is 11.7 Å². The lowest BCUT2D eigenvalue weighted by Gasteiger charge is -2.26. The third kappa shape index (κ3) is 3.66. The Morgan fingerprint density at radius 3 is 2.39 bits per heavy atom. The van der Waals surface area contributed by atoms with E-state index in [1.54, 1.807) is 38.5 Å². The number of carbonyl (C=O) groups is 2. The molecule has 0 unspecified atom stereocenters. The van der Waals surface area contributed by atoms with Gasteiger partial charge in [-0.1, -0.05) is 42.5 Å². The molecule has 3 aromatic rings. The van der Waals surface area contributed by atoms with Crippen LogP contribution in [0.1, 0.15) is 17.2 Å². The van der Waals surface area contributed by atoms with Gasteiger partial charge in [0.2, 0.25) is 0 Å². The van der Waals surface area contributed by atoms with Gasteiger partial charge in [-0.3, -0.25) is 9.59 Å². The first-order chi connectivity index (χ1) is 15.1. The predicted octanol–water partition coefficient (Wildman–Crippen LogP) is 3.92. The minimum atomic E-state index is -0.719. The average Bonchev–Trinajstić information content (AvgIpc) is 3.06. The van der Waals surface area contributed by atoms with Crippen LogP contribution in [0.15, 0.2) is 72.3 Å². The van der Waals surface area contributed by atoms with Crippen molar-refractivity contribution < 1.29 is 24.2 Å². The summed E-state index contributed by atoms with van der Waals surface area (Å²) in [6.07, 6.45) is 0. The molecule has 0 aliphatic carbocycles. The number of hydrogen-bond donors (Lipinski definition) is 1. The summed E-state index contributed by atoms with van der Waals surface area (Å²) in [5.41, 5.74) is 1.29. The van der Waals surface area contributed by atoms with Crippen LogP contribution in [0.4, 0.5) is 0 Å². The molecule has 0 aromatic heterocycles. The third-order valence-electron chi connectivity index (χ3n) is 5.56. The standard InChI is InChI=1S/C25H23NO5/c1-30-15-14-26-22(20-9-5-7-16-6-3-4-8-19(16)20)21(24(28)25(26)29)23(27)17-10-12-18(31-2)13-11-17/h3-13,22,27H,14-15H2,1-2H3/t22-/m1/s1. The maximum absolute atomic E-state index is 13.1. The van der Waals surface area contributed by atoms with Crippen LogP contribution in [-0.4, -0.2) is 49.1 Å². The smallest absolute Gasteiger partial charge is 0.295 e. The van der Waals surface area contributed by atoms with Gasteiger partial charge < -0.3 is 19.5 Å². The van der Waals surface area contributed by atoms with E-state index in [0.717, 1.165) is 16.3 Å². The van der Waals surface area contributed by atoms with Crippen molar-refractivity contribution in [2.45, 2.75) is 6.04 Å². The lowest BCUT2D eigenvalue weighted by molar-refractivity contribution is -0.140. The fraction of sp³-hybridized carbons (Fsp3) is 0.200. The lowest BCUT2D eigenvalue weighted by atomic mass is 9.91. The lowest BCUT2D eigenvalue weighted by Crippen LogP contribution is -2.32. The van der Waals surface area contributed by atoms with Gasteiger partial charge in [-0.25, -0.2) is 0 Å². The monoisotopic (exact) mass is 417 g/mol. The molecule has 6 heteroatoms. The molecule has 1 fully saturated rings. The number of ether oxygens (including phenoxy) is 2. The molecule has 1 saturated heterocycles. The second-order valence-electron chi connectivity index (χ2n) is 7.28. The van der Waals surface area contributed by atoms with Gasteiger partial charge in [-0.2, -0.15) is 0 Å². The minimum Gasteiger partial charge on any atom is -0.507 e. The fourth-order valence-corrected chi connectivity index (χ4v) is 4.02. The molecular weight excluding hydrogens is 394 g/mol.